The second-order valence-corrected chi connectivity index (χ2v) is 3.65. The van der Waals surface area contributed by atoms with E-state index in [1.54, 1.807) is 24.5 Å². The fourth-order valence-corrected chi connectivity index (χ4v) is 1.70. The lowest BCUT2D eigenvalue weighted by atomic mass is 10.1. The Balaban J connectivity index is 2.58. The fourth-order valence-electron chi connectivity index (χ4n) is 1.70. The number of nitrogen functional groups attached to an aromatic ring is 1. The Labute approximate surface area is 98.5 Å². The van der Waals surface area contributed by atoms with Gasteiger partial charge in [-0.25, -0.2) is 9.78 Å². The summed E-state index contributed by atoms with van der Waals surface area (Å²) in [5, 5.41) is 8.96. The van der Waals surface area contributed by atoms with Crippen LogP contribution in [0.25, 0.3) is 5.69 Å². The Morgan fingerprint density at radius 3 is 2.94 bits per heavy atom. The zero-order chi connectivity index (χ0) is 12.4. The van der Waals surface area contributed by atoms with Gasteiger partial charge >= 0.3 is 5.97 Å². The molecule has 1 aromatic carbocycles. The molecule has 0 spiro atoms. The first-order valence-corrected chi connectivity index (χ1v) is 5.29. The Kier molecular flexibility index (Phi) is 2.82. The molecule has 0 aliphatic carbocycles. The summed E-state index contributed by atoms with van der Waals surface area (Å²) in [7, 11) is 0. The van der Waals surface area contributed by atoms with Crippen molar-refractivity contribution in [2.45, 2.75) is 13.3 Å². The highest BCUT2D eigenvalue weighted by molar-refractivity contribution is 5.89. The SMILES string of the molecule is CCc1nccn1-c1cc(C(=O)O)ccc1N. The molecule has 0 radical (unpaired) electrons. The van der Waals surface area contributed by atoms with Crippen LogP contribution >= 0.6 is 0 Å². The number of aromatic carboxylic acids is 1. The zero-order valence-corrected chi connectivity index (χ0v) is 9.42. The minimum Gasteiger partial charge on any atom is -0.478 e. The number of carboxylic acids is 1. The molecule has 0 aliphatic rings. The molecule has 0 saturated heterocycles. The molecule has 1 heterocycles. The lowest BCUT2D eigenvalue weighted by molar-refractivity contribution is 0.0697. The third-order valence-corrected chi connectivity index (χ3v) is 2.57. The van der Waals surface area contributed by atoms with Gasteiger partial charge in [-0.15, -0.1) is 0 Å². The van der Waals surface area contributed by atoms with E-state index in [1.165, 1.54) is 6.07 Å². The van der Waals surface area contributed by atoms with E-state index in [1.807, 2.05) is 11.5 Å². The number of hydrogen-bond donors (Lipinski definition) is 2. The quantitative estimate of drug-likeness (QED) is 0.788. The molecule has 0 aliphatic heterocycles. The standard InChI is InChI=1S/C12H13N3O2/c1-2-11-14-5-6-15(11)10-7-8(12(16)17)3-4-9(10)13/h3-7H,2,13H2,1H3,(H,16,17). The van der Waals surface area contributed by atoms with Crippen molar-refractivity contribution in [3.05, 3.63) is 42.0 Å². The van der Waals surface area contributed by atoms with Crippen LogP contribution in [-0.4, -0.2) is 20.6 Å². The van der Waals surface area contributed by atoms with Gasteiger partial charge in [0.05, 0.1) is 16.9 Å². The average Bonchev–Trinajstić information content (AvgIpc) is 2.77. The van der Waals surface area contributed by atoms with Gasteiger partial charge in [-0.05, 0) is 18.2 Å². The van der Waals surface area contributed by atoms with Crippen LogP contribution in [0.5, 0.6) is 0 Å². The fraction of sp³-hybridized carbons (Fsp3) is 0.167. The Bertz CT molecular complexity index is 561. The number of aromatic nitrogens is 2. The van der Waals surface area contributed by atoms with Gasteiger partial charge in [0, 0.05) is 18.8 Å². The summed E-state index contributed by atoms with van der Waals surface area (Å²) in [4.78, 5) is 15.1. The minimum absolute atomic E-state index is 0.213. The molecule has 5 nitrogen and oxygen atoms in total. The van der Waals surface area contributed by atoms with Gasteiger partial charge in [0.25, 0.3) is 0 Å². The highest BCUT2D eigenvalue weighted by Gasteiger charge is 2.10. The topological polar surface area (TPSA) is 81.1 Å². The second-order valence-electron chi connectivity index (χ2n) is 3.65. The lowest BCUT2D eigenvalue weighted by Gasteiger charge is -2.10. The highest BCUT2D eigenvalue weighted by Crippen LogP contribution is 2.20. The lowest BCUT2D eigenvalue weighted by Crippen LogP contribution is -2.05. The maximum Gasteiger partial charge on any atom is 0.335 e. The van der Waals surface area contributed by atoms with Gasteiger partial charge in [-0.3, -0.25) is 0 Å². The number of nitrogens with two attached hydrogens (primary N) is 1. The highest BCUT2D eigenvalue weighted by atomic mass is 16.4. The number of rotatable bonds is 3. The van der Waals surface area contributed by atoms with Gasteiger partial charge in [-0.2, -0.15) is 0 Å². The summed E-state index contributed by atoms with van der Waals surface area (Å²) in [6.45, 7) is 1.98. The van der Waals surface area contributed by atoms with Gasteiger partial charge < -0.3 is 15.4 Å². The van der Waals surface area contributed by atoms with Gasteiger partial charge in [0.15, 0.2) is 0 Å². The maximum absolute atomic E-state index is 10.9. The van der Waals surface area contributed by atoms with E-state index in [4.69, 9.17) is 10.8 Å². The summed E-state index contributed by atoms with van der Waals surface area (Å²) >= 11 is 0. The van der Waals surface area contributed by atoms with Crippen molar-refractivity contribution < 1.29 is 9.90 Å². The molecular formula is C12H13N3O2. The Morgan fingerprint density at radius 1 is 1.53 bits per heavy atom. The van der Waals surface area contributed by atoms with E-state index in [9.17, 15) is 4.79 Å². The first-order valence-electron chi connectivity index (χ1n) is 5.29. The van der Waals surface area contributed by atoms with E-state index >= 15 is 0 Å². The molecule has 2 rings (SSSR count). The van der Waals surface area contributed by atoms with Crippen molar-refractivity contribution in [2.75, 3.05) is 5.73 Å². The summed E-state index contributed by atoms with van der Waals surface area (Å²) in [6.07, 6.45) is 4.20. The first-order chi connectivity index (χ1) is 8.13. The molecule has 0 atom stereocenters. The molecule has 0 fully saturated rings. The predicted molar refractivity (Wildman–Crippen MR) is 64.3 cm³/mol. The Hall–Kier alpha value is -2.30. The van der Waals surface area contributed by atoms with E-state index in [0.717, 1.165) is 12.2 Å². The van der Waals surface area contributed by atoms with Crippen molar-refractivity contribution >= 4 is 11.7 Å². The number of hydrogen-bond acceptors (Lipinski definition) is 3. The van der Waals surface area contributed by atoms with E-state index < -0.39 is 5.97 Å². The molecule has 17 heavy (non-hydrogen) atoms. The van der Waals surface area contributed by atoms with Crippen molar-refractivity contribution in [3.63, 3.8) is 0 Å². The maximum atomic E-state index is 10.9. The number of benzene rings is 1. The molecule has 0 amide bonds. The first kappa shape index (κ1) is 11.2. The van der Waals surface area contributed by atoms with E-state index in [2.05, 4.69) is 4.98 Å². The van der Waals surface area contributed by atoms with Crippen LogP contribution < -0.4 is 5.73 Å². The molecule has 0 saturated carbocycles. The molecular weight excluding hydrogens is 218 g/mol. The Morgan fingerprint density at radius 2 is 2.29 bits per heavy atom. The number of imidazole rings is 1. The minimum atomic E-state index is -0.968. The van der Waals surface area contributed by atoms with Crippen molar-refractivity contribution in [1.29, 1.82) is 0 Å². The zero-order valence-electron chi connectivity index (χ0n) is 9.42. The van der Waals surface area contributed by atoms with Crippen molar-refractivity contribution in [1.82, 2.24) is 9.55 Å². The number of carbonyl (C=O) groups is 1. The van der Waals surface area contributed by atoms with E-state index in [0.29, 0.717) is 11.4 Å². The largest absolute Gasteiger partial charge is 0.478 e. The summed E-state index contributed by atoms with van der Waals surface area (Å²) in [5.41, 5.74) is 7.26. The smallest absolute Gasteiger partial charge is 0.335 e. The number of carboxylic acid groups (broad SMARTS) is 1. The number of anilines is 1. The third kappa shape index (κ3) is 1.99. The van der Waals surface area contributed by atoms with Crippen LogP contribution in [0.15, 0.2) is 30.6 Å². The van der Waals surface area contributed by atoms with Crippen LogP contribution in [0.1, 0.15) is 23.1 Å². The summed E-state index contributed by atoms with van der Waals surface area (Å²) < 4.78 is 1.81. The van der Waals surface area contributed by atoms with Gasteiger partial charge in [0.2, 0.25) is 0 Å². The molecule has 3 N–H and O–H groups in total. The number of aryl methyl sites for hydroxylation is 1. The van der Waals surface area contributed by atoms with Gasteiger partial charge in [-0.1, -0.05) is 6.92 Å². The summed E-state index contributed by atoms with van der Waals surface area (Å²) in [5.74, 6) is -0.122. The molecule has 0 bridgehead atoms. The monoisotopic (exact) mass is 231 g/mol. The average molecular weight is 231 g/mol. The molecule has 5 heteroatoms. The van der Waals surface area contributed by atoms with E-state index in [-0.39, 0.29) is 5.56 Å². The van der Waals surface area contributed by atoms with Crippen molar-refractivity contribution in [3.8, 4) is 5.69 Å². The molecule has 2 aromatic rings. The van der Waals surface area contributed by atoms with Crippen molar-refractivity contribution in [2.24, 2.45) is 0 Å². The molecule has 88 valence electrons. The molecule has 0 unspecified atom stereocenters. The third-order valence-electron chi connectivity index (χ3n) is 2.57. The van der Waals surface area contributed by atoms with Crippen LogP contribution in [0, 0.1) is 0 Å². The van der Waals surface area contributed by atoms with Gasteiger partial charge in [0.1, 0.15) is 5.82 Å². The van der Waals surface area contributed by atoms with Crippen LogP contribution in [0.2, 0.25) is 0 Å². The second kappa shape index (κ2) is 4.29. The number of nitrogens with zero attached hydrogens (tertiary/aromatic N) is 2. The molecule has 1 aromatic heterocycles. The normalized spacial score (nSPS) is 10.4. The van der Waals surface area contributed by atoms with Crippen LogP contribution in [0.4, 0.5) is 5.69 Å². The van der Waals surface area contributed by atoms with Crippen LogP contribution in [0.3, 0.4) is 0 Å². The summed E-state index contributed by atoms with van der Waals surface area (Å²) in [6, 6.07) is 4.64. The predicted octanol–water partition coefficient (Wildman–Crippen LogP) is 1.72. The van der Waals surface area contributed by atoms with Crippen LogP contribution in [-0.2, 0) is 6.42 Å².